The lowest BCUT2D eigenvalue weighted by Crippen LogP contribution is -2.14. The van der Waals surface area contributed by atoms with E-state index in [9.17, 15) is 14.7 Å². The molecule has 0 saturated heterocycles. The molecule has 0 unspecified atom stereocenters. The number of carbonyl (C=O) groups excluding carboxylic acids is 1. The fourth-order valence-corrected chi connectivity index (χ4v) is 2.52. The number of rotatable bonds is 5. The third kappa shape index (κ3) is 4.55. The summed E-state index contributed by atoms with van der Waals surface area (Å²) in [6, 6.07) is 1.71. The molecule has 0 amide bonds. The first-order valence-corrected chi connectivity index (χ1v) is 6.83. The van der Waals surface area contributed by atoms with Crippen LogP contribution < -0.4 is 0 Å². The highest BCUT2D eigenvalue weighted by molar-refractivity contribution is 8.00. The van der Waals surface area contributed by atoms with E-state index in [4.69, 9.17) is 4.74 Å². The molecule has 1 rings (SSSR count). The summed E-state index contributed by atoms with van der Waals surface area (Å²) in [7, 11) is 0. The molecule has 0 spiro atoms. The Hall–Kier alpha value is -1.56. The number of aromatic nitrogens is 1. The Kier molecular flexibility index (Phi) is 5.35. The van der Waals surface area contributed by atoms with Gasteiger partial charge in [0, 0.05) is 5.69 Å². The summed E-state index contributed by atoms with van der Waals surface area (Å²) < 4.78 is 5.00. The van der Waals surface area contributed by atoms with Gasteiger partial charge in [-0.05, 0) is 39.3 Å². The third-order valence-electron chi connectivity index (χ3n) is 2.22. The minimum absolute atomic E-state index is 0.0500. The van der Waals surface area contributed by atoms with Crippen LogP contribution in [0.25, 0.3) is 0 Å². The number of esters is 1. The average molecular weight is 283 g/mol. The Balaban J connectivity index is 2.88. The number of carboxylic acid groups (broad SMARTS) is 1. The van der Waals surface area contributed by atoms with Crippen molar-refractivity contribution in [2.75, 3.05) is 5.75 Å². The number of pyridine rings is 1. The summed E-state index contributed by atoms with van der Waals surface area (Å²) in [5, 5.41) is 9.53. The van der Waals surface area contributed by atoms with Gasteiger partial charge in [-0.2, -0.15) is 0 Å². The normalized spacial score (nSPS) is 10.6. The molecular weight excluding hydrogens is 266 g/mol. The second-order valence-corrected chi connectivity index (χ2v) is 5.36. The van der Waals surface area contributed by atoms with Crippen LogP contribution in [0, 0.1) is 13.8 Å². The molecule has 1 aromatic heterocycles. The molecule has 0 aliphatic heterocycles. The van der Waals surface area contributed by atoms with E-state index in [1.54, 1.807) is 33.8 Å². The SMILES string of the molecule is Cc1cc(C)c(C(=O)O)c(SCC(=O)OC(C)C)n1. The minimum atomic E-state index is -1.04. The van der Waals surface area contributed by atoms with Crippen molar-refractivity contribution in [3.05, 3.63) is 22.9 Å². The summed E-state index contributed by atoms with van der Waals surface area (Å²) in [6.07, 6.45) is -0.181. The van der Waals surface area contributed by atoms with Gasteiger partial charge >= 0.3 is 11.9 Å². The summed E-state index contributed by atoms with van der Waals surface area (Å²) in [6.45, 7) is 7.03. The second-order valence-electron chi connectivity index (χ2n) is 4.39. The molecule has 0 aromatic carbocycles. The standard InChI is InChI=1S/C13H17NO4S/c1-7(2)18-10(15)6-19-12-11(13(16)17)8(3)5-9(4)14-12/h5,7H,6H2,1-4H3,(H,16,17). The van der Waals surface area contributed by atoms with Gasteiger partial charge in [0.2, 0.25) is 0 Å². The van der Waals surface area contributed by atoms with Crippen molar-refractivity contribution in [2.24, 2.45) is 0 Å². The lowest BCUT2D eigenvalue weighted by Gasteiger charge is -2.10. The number of carboxylic acids is 1. The van der Waals surface area contributed by atoms with Crippen molar-refractivity contribution in [1.29, 1.82) is 0 Å². The van der Waals surface area contributed by atoms with Crippen molar-refractivity contribution in [3.8, 4) is 0 Å². The zero-order valence-corrected chi connectivity index (χ0v) is 12.2. The third-order valence-corrected chi connectivity index (χ3v) is 3.17. The molecule has 104 valence electrons. The van der Waals surface area contributed by atoms with Crippen molar-refractivity contribution < 1.29 is 19.4 Å². The van der Waals surface area contributed by atoms with Crippen molar-refractivity contribution in [3.63, 3.8) is 0 Å². The van der Waals surface area contributed by atoms with Crippen molar-refractivity contribution >= 4 is 23.7 Å². The maximum atomic E-state index is 11.5. The number of hydrogen-bond donors (Lipinski definition) is 1. The van der Waals surface area contributed by atoms with Crippen LogP contribution in [0.5, 0.6) is 0 Å². The summed E-state index contributed by atoms with van der Waals surface area (Å²) >= 11 is 1.09. The molecule has 0 bridgehead atoms. The van der Waals surface area contributed by atoms with E-state index in [1.807, 2.05) is 0 Å². The number of aromatic carboxylic acids is 1. The van der Waals surface area contributed by atoms with Crippen molar-refractivity contribution in [1.82, 2.24) is 4.98 Å². The minimum Gasteiger partial charge on any atom is -0.478 e. The van der Waals surface area contributed by atoms with Gasteiger partial charge in [-0.1, -0.05) is 11.8 Å². The maximum Gasteiger partial charge on any atom is 0.338 e. The van der Waals surface area contributed by atoms with Crippen LogP contribution in [0.15, 0.2) is 11.1 Å². The lowest BCUT2D eigenvalue weighted by molar-refractivity contribution is -0.144. The van der Waals surface area contributed by atoms with Crippen LogP contribution >= 0.6 is 11.8 Å². The summed E-state index contributed by atoms with van der Waals surface area (Å²) in [5.74, 6) is -1.36. The molecule has 0 saturated carbocycles. The fourth-order valence-electron chi connectivity index (χ4n) is 1.59. The Labute approximate surface area is 116 Å². The van der Waals surface area contributed by atoms with Crippen LogP contribution in [0.1, 0.15) is 35.5 Å². The van der Waals surface area contributed by atoms with Gasteiger partial charge in [0.25, 0.3) is 0 Å². The van der Waals surface area contributed by atoms with Gasteiger partial charge in [-0.15, -0.1) is 0 Å². The Bertz CT molecular complexity index is 500. The van der Waals surface area contributed by atoms with E-state index in [0.717, 1.165) is 17.5 Å². The molecule has 0 fully saturated rings. The van der Waals surface area contributed by atoms with Gasteiger partial charge in [-0.3, -0.25) is 4.79 Å². The van der Waals surface area contributed by atoms with Crippen LogP contribution in [0.2, 0.25) is 0 Å². The van der Waals surface area contributed by atoms with Crippen molar-refractivity contribution in [2.45, 2.75) is 38.8 Å². The molecule has 6 heteroatoms. The first kappa shape index (κ1) is 15.5. The van der Waals surface area contributed by atoms with Gasteiger partial charge in [0.15, 0.2) is 0 Å². The summed E-state index contributed by atoms with van der Waals surface area (Å²) in [5.41, 5.74) is 1.51. The fraction of sp³-hybridized carbons (Fsp3) is 0.462. The number of carbonyl (C=O) groups is 2. The van der Waals surface area contributed by atoms with E-state index >= 15 is 0 Å². The van der Waals surface area contributed by atoms with Gasteiger partial charge in [-0.25, -0.2) is 9.78 Å². The van der Waals surface area contributed by atoms with E-state index in [0.29, 0.717) is 10.6 Å². The van der Waals surface area contributed by atoms with Gasteiger partial charge in [0.05, 0.1) is 17.4 Å². The summed E-state index contributed by atoms with van der Waals surface area (Å²) in [4.78, 5) is 26.8. The zero-order valence-electron chi connectivity index (χ0n) is 11.4. The zero-order chi connectivity index (χ0) is 14.6. The van der Waals surface area contributed by atoms with E-state index in [-0.39, 0.29) is 23.4 Å². The average Bonchev–Trinajstić information content (AvgIpc) is 2.23. The first-order chi connectivity index (χ1) is 8.81. The molecule has 19 heavy (non-hydrogen) atoms. The predicted octanol–water partition coefficient (Wildman–Crippen LogP) is 2.44. The second kappa shape index (κ2) is 6.56. The molecule has 1 heterocycles. The first-order valence-electron chi connectivity index (χ1n) is 5.85. The topological polar surface area (TPSA) is 76.5 Å². The van der Waals surface area contributed by atoms with Crippen LogP contribution in [-0.2, 0) is 9.53 Å². The van der Waals surface area contributed by atoms with Gasteiger partial charge < -0.3 is 9.84 Å². The quantitative estimate of drug-likeness (QED) is 0.660. The Morgan fingerprint density at radius 2 is 2.05 bits per heavy atom. The largest absolute Gasteiger partial charge is 0.478 e. The van der Waals surface area contributed by atoms with E-state index < -0.39 is 5.97 Å². The molecule has 0 aliphatic carbocycles. The van der Waals surface area contributed by atoms with Crippen LogP contribution in [-0.4, -0.2) is 33.9 Å². The molecule has 0 atom stereocenters. The number of hydrogen-bond acceptors (Lipinski definition) is 5. The monoisotopic (exact) mass is 283 g/mol. The lowest BCUT2D eigenvalue weighted by atomic mass is 10.1. The van der Waals surface area contributed by atoms with Gasteiger partial charge in [0.1, 0.15) is 5.03 Å². The number of nitrogens with zero attached hydrogens (tertiary/aromatic N) is 1. The molecule has 5 nitrogen and oxygen atoms in total. The highest BCUT2D eigenvalue weighted by Gasteiger charge is 2.17. The molecule has 1 aromatic rings. The Morgan fingerprint density at radius 1 is 1.42 bits per heavy atom. The maximum absolute atomic E-state index is 11.5. The Morgan fingerprint density at radius 3 is 2.58 bits per heavy atom. The number of aryl methyl sites for hydroxylation is 2. The molecule has 0 radical (unpaired) electrons. The number of thioether (sulfide) groups is 1. The molecular formula is C13H17NO4S. The van der Waals surface area contributed by atoms with E-state index in [2.05, 4.69) is 4.98 Å². The smallest absolute Gasteiger partial charge is 0.338 e. The van der Waals surface area contributed by atoms with E-state index in [1.165, 1.54) is 0 Å². The number of ether oxygens (including phenoxy) is 1. The predicted molar refractivity (Wildman–Crippen MR) is 72.6 cm³/mol. The molecule has 0 aliphatic rings. The van der Waals surface area contributed by atoms with Crippen LogP contribution in [0.4, 0.5) is 0 Å². The van der Waals surface area contributed by atoms with Crippen LogP contribution in [0.3, 0.4) is 0 Å². The highest BCUT2D eigenvalue weighted by atomic mass is 32.2. The molecule has 1 N–H and O–H groups in total. The highest BCUT2D eigenvalue weighted by Crippen LogP contribution is 2.24.